The highest BCUT2D eigenvalue weighted by Gasteiger charge is 2.42. The summed E-state index contributed by atoms with van der Waals surface area (Å²) < 4.78 is 5.60. The fourth-order valence-electron chi connectivity index (χ4n) is 2.92. The Labute approximate surface area is 104 Å². The number of carbonyl (C=O) groups excluding carboxylic acids is 1. The Kier molecular flexibility index (Phi) is 4.05. The summed E-state index contributed by atoms with van der Waals surface area (Å²) in [5.74, 6) is 0.287. The van der Waals surface area contributed by atoms with E-state index in [1.807, 2.05) is 11.8 Å². The largest absolute Gasteiger partial charge is 0.377 e. The van der Waals surface area contributed by atoms with E-state index in [9.17, 15) is 4.79 Å². The van der Waals surface area contributed by atoms with E-state index in [2.05, 4.69) is 12.2 Å². The smallest absolute Gasteiger partial charge is 0.242 e. The highest BCUT2D eigenvalue weighted by molar-refractivity contribution is 5.86. The van der Waals surface area contributed by atoms with Crippen LogP contribution >= 0.6 is 0 Å². The van der Waals surface area contributed by atoms with E-state index in [1.54, 1.807) is 0 Å². The predicted molar refractivity (Wildman–Crippen MR) is 66.9 cm³/mol. The number of nitrogens with one attached hydrogen (secondary N) is 1. The Morgan fingerprint density at radius 1 is 1.53 bits per heavy atom. The van der Waals surface area contributed by atoms with Gasteiger partial charge in [0.25, 0.3) is 0 Å². The van der Waals surface area contributed by atoms with Gasteiger partial charge < -0.3 is 15.0 Å². The van der Waals surface area contributed by atoms with Crippen LogP contribution in [0.1, 0.15) is 39.5 Å². The minimum absolute atomic E-state index is 0.164. The summed E-state index contributed by atoms with van der Waals surface area (Å²) in [4.78, 5) is 14.7. The molecule has 4 nitrogen and oxygen atoms in total. The van der Waals surface area contributed by atoms with Gasteiger partial charge in [-0.05, 0) is 39.2 Å². The molecule has 2 atom stereocenters. The standard InChI is InChI=1S/C13H24N2O2/c1-3-13(6-4-7-14-13)12(16)15-8-5-9-17-11(2)10-15/h11,14H,3-10H2,1-2H3. The molecule has 2 aliphatic heterocycles. The molecule has 1 amide bonds. The van der Waals surface area contributed by atoms with Crippen LogP contribution in [-0.2, 0) is 9.53 Å². The highest BCUT2D eigenvalue weighted by atomic mass is 16.5. The Balaban J connectivity index is 2.06. The quantitative estimate of drug-likeness (QED) is 0.787. The lowest BCUT2D eigenvalue weighted by Gasteiger charge is -2.34. The van der Waals surface area contributed by atoms with Crippen LogP contribution in [0.5, 0.6) is 0 Å². The van der Waals surface area contributed by atoms with Crippen molar-refractivity contribution in [2.45, 2.75) is 51.2 Å². The predicted octanol–water partition coefficient (Wildman–Crippen LogP) is 1.16. The summed E-state index contributed by atoms with van der Waals surface area (Å²) in [6.07, 6.45) is 4.10. The molecule has 2 heterocycles. The monoisotopic (exact) mass is 240 g/mol. The summed E-state index contributed by atoms with van der Waals surface area (Å²) in [6, 6.07) is 0. The zero-order valence-corrected chi connectivity index (χ0v) is 11.0. The van der Waals surface area contributed by atoms with Gasteiger partial charge in [0.1, 0.15) is 0 Å². The van der Waals surface area contributed by atoms with E-state index in [1.165, 1.54) is 0 Å². The third kappa shape index (κ3) is 2.63. The van der Waals surface area contributed by atoms with Gasteiger partial charge in [0.15, 0.2) is 0 Å². The third-order valence-electron chi connectivity index (χ3n) is 4.00. The van der Waals surface area contributed by atoms with Crippen LogP contribution in [0.2, 0.25) is 0 Å². The van der Waals surface area contributed by atoms with Crippen molar-refractivity contribution < 1.29 is 9.53 Å². The maximum atomic E-state index is 12.7. The van der Waals surface area contributed by atoms with Crippen LogP contribution in [0, 0.1) is 0 Å². The normalized spacial score (nSPS) is 34.7. The summed E-state index contributed by atoms with van der Waals surface area (Å²) in [6.45, 7) is 7.48. The highest BCUT2D eigenvalue weighted by Crippen LogP contribution is 2.26. The second kappa shape index (κ2) is 5.36. The van der Waals surface area contributed by atoms with Crippen molar-refractivity contribution in [1.82, 2.24) is 10.2 Å². The molecule has 2 aliphatic rings. The van der Waals surface area contributed by atoms with Crippen LogP contribution in [0.4, 0.5) is 0 Å². The van der Waals surface area contributed by atoms with Crippen molar-refractivity contribution in [3.63, 3.8) is 0 Å². The van der Waals surface area contributed by atoms with Crippen LogP contribution in [0.15, 0.2) is 0 Å². The minimum atomic E-state index is -0.288. The lowest BCUT2D eigenvalue weighted by molar-refractivity contribution is -0.138. The van der Waals surface area contributed by atoms with Gasteiger partial charge >= 0.3 is 0 Å². The van der Waals surface area contributed by atoms with E-state index in [0.717, 1.165) is 51.9 Å². The van der Waals surface area contributed by atoms with Crippen LogP contribution in [-0.4, -0.2) is 48.7 Å². The maximum absolute atomic E-state index is 12.7. The third-order valence-corrected chi connectivity index (χ3v) is 4.00. The summed E-state index contributed by atoms with van der Waals surface area (Å²) in [5, 5.41) is 3.42. The Morgan fingerprint density at radius 3 is 3.00 bits per heavy atom. The van der Waals surface area contributed by atoms with E-state index in [-0.39, 0.29) is 17.6 Å². The first-order valence-electron chi connectivity index (χ1n) is 6.84. The number of nitrogens with zero attached hydrogens (tertiary/aromatic N) is 1. The molecule has 0 aromatic rings. The van der Waals surface area contributed by atoms with Gasteiger partial charge in [0, 0.05) is 19.7 Å². The van der Waals surface area contributed by atoms with Crippen LogP contribution in [0.3, 0.4) is 0 Å². The van der Waals surface area contributed by atoms with Crippen molar-refractivity contribution in [2.24, 2.45) is 0 Å². The molecule has 0 radical (unpaired) electrons. The van der Waals surface area contributed by atoms with Crippen molar-refractivity contribution >= 4 is 5.91 Å². The van der Waals surface area contributed by atoms with Gasteiger partial charge in [-0.1, -0.05) is 6.92 Å². The van der Waals surface area contributed by atoms with Gasteiger partial charge in [0.05, 0.1) is 11.6 Å². The van der Waals surface area contributed by atoms with E-state index < -0.39 is 0 Å². The molecule has 98 valence electrons. The average Bonchev–Trinajstić information content (AvgIpc) is 2.72. The molecule has 0 aliphatic carbocycles. The van der Waals surface area contributed by atoms with Crippen molar-refractivity contribution in [3.05, 3.63) is 0 Å². The van der Waals surface area contributed by atoms with Crippen LogP contribution in [0.25, 0.3) is 0 Å². The zero-order chi connectivity index (χ0) is 12.3. The van der Waals surface area contributed by atoms with Crippen molar-refractivity contribution in [2.75, 3.05) is 26.2 Å². The Morgan fingerprint density at radius 2 is 2.35 bits per heavy atom. The molecule has 2 rings (SSSR count). The van der Waals surface area contributed by atoms with E-state index in [0.29, 0.717) is 0 Å². The van der Waals surface area contributed by atoms with E-state index >= 15 is 0 Å². The molecule has 2 unspecified atom stereocenters. The number of hydrogen-bond donors (Lipinski definition) is 1. The molecule has 0 aromatic heterocycles. The topological polar surface area (TPSA) is 41.6 Å². The minimum Gasteiger partial charge on any atom is -0.377 e. The maximum Gasteiger partial charge on any atom is 0.242 e. The molecule has 0 spiro atoms. The van der Waals surface area contributed by atoms with Gasteiger partial charge in [-0.25, -0.2) is 0 Å². The van der Waals surface area contributed by atoms with Gasteiger partial charge in [-0.15, -0.1) is 0 Å². The number of hydrogen-bond acceptors (Lipinski definition) is 3. The van der Waals surface area contributed by atoms with Gasteiger partial charge in [0.2, 0.25) is 5.91 Å². The van der Waals surface area contributed by atoms with Gasteiger partial charge in [-0.2, -0.15) is 0 Å². The first kappa shape index (κ1) is 12.8. The lowest BCUT2D eigenvalue weighted by atomic mass is 9.92. The number of rotatable bonds is 2. The van der Waals surface area contributed by atoms with E-state index in [4.69, 9.17) is 4.74 Å². The Hall–Kier alpha value is -0.610. The average molecular weight is 240 g/mol. The molecular weight excluding hydrogens is 216 g/mol. The number of ether oxygens (including phenoxy) is 1. The summed E-state index contributed by atoms with van der Waals surface area (Å²) in [5.41, 5.74) is -0.288. The fourth-order valence-corrected chi connectivity index (χ4v) is 2.92. The molecule has 4 heteroatoms. The second-order valence-corrected chi connectivity index (χ2v) is 5.25. The van der Waals surface area contributed by atoms with Crippen molar-refractivity contribution in [3.8, 4) is 0 Å². The first-order chi connectivity index (χ1) is 8.18. The lowest BCUT2D eigenvalue weighted by Crippen LogP contribution is -2.55. The zero-order valence-electron chi connectivity index (χ0n) is 11.0. The summed E-state index contributed by atoms with van der Waals surface area (Å²) >= 11 is 0. The van der Waals surface area contributed by atoms with Crippen molar-refractivity contribution in [1.29, 1.82) is 0 Å². The fraction of sp³-hybridized carbons (Fsp3) is 0.923. The molecule has 17 heavy (non-hydrogen) atoms. The molecule has 0 aromatic carbocycles. The Bertz CT molecular complexity index is 275. The molecule has 2 saturated heterocycles. The molecule has 0 saturated carbocycles. The van der Waals surface area contributed by atoms with Gasteiger partial charge in [-0.3, -0.25) is 4.79 Å². The molecule has 0 bridgehead atoms. The summed E-state index contributed by atoms with van der Waals surface area (Å²) in [7, 11) is 0. The number of carbonyl (C=O) groups is 1. The number of amides is 1. The molecular formula is C13H24N2O2. The van der Waals surface area contributed by atoms with Crippen LogP contribution < -0.4 is 5.32 Å². The SMILES string of the molecule is CCC1(C(=O)N2CCCOC(C)C2)CCCN1. The second-order valence-electron chi connectivity index (χ2n) is 5.25. The molecule has 1 N–H and O–H groups in total. The molecule has 2 fully saturated rings. The first-order valence-corrected chi connectivity index (χ1v) is 6.84.